The van der Waals surface area contributed by atoms with Gasteiger partial charge in [0.1, 0.15) is 6.61 Å². The summed E-state index contributed by atoms with van der Waals surface area (Å²) in [6.07, 6.45) is 4.26. The van der Waals surface area contributed by atoms with Crippen LogP contribution in [0.15, 0.2) is 46.7 Å². The van der Waals surface area contributed by atoms with Crippen LogP contribution in [-0.4, -0.2) is 60.4 Å². The van der Waals surface area contributed by atoms with E-state index in [1.807, 2.05) is 13.8 Å². The van der Waals surface area contributed by atoms with Crippen LogP contribution in [0.1, 0.15) is 46.0 Å². The molecule has 0 aliphatic carbocycles. The second-order valence-electron chi connectivity index (χ2n) is 8.90. The summed E-state index contributed by atoms with van der Waals surface area (Å²) < 4.78 is 40.2. The lowest BCUT2D eigenvalue weighted by molar-refractivity contribution is -0.301. The maximum absolute atomic E-state index is 13.0. The summed E-state index contributed by atoms with van der Waals surface area (Å²) in [5.41, 5.74) is 0. The zero-order valence-corrected chi connectivity index (χ0v) is 22.2. The molecule has 1 amide bonds. The van der Waals surface area contributed by atoms with Gasteiger partial charge in [0.15, 0.2) is 15.6 Å². The van der Waals surface area contributed by atoms with Crippen molar-refractivity contribution in [2.75, 3.05) is 13.2 Å². The molecule has 0 saturated carbocycles. The van der Waals surface area contributed by atoms with E-state index in [2.05, 4.69) is 0 Å². The predicted octanol–water partition coefficient (Wildman–Crippen LogP) is 5.64. The number of unbranched alkanes of at least 4 members (excludes halogenated alkanes) is 1. The molecule has 3 rings (SSSR count). The standard InChI is InChI=1S/C23H30Cl3NO6S/c1-22(2)32-15-19-20(33-22)13-12-17(27(19)21(28)31-16-23(24,25)26)9-5-4-8-14-34(29,30)18-10-6-3-7-11-18/h3,6-8,10-11,14,17,19-20H,4-5,9,12-13,15-16H2,1-2H3/b14-8+/t17-,19-,20+/m0/s1. The van der Waals surface area contributed by atoms with E-state index >= 15 is 0 Å². The molecule has 2 saturated heterocycles. The first kappa shape index (κ1) is 27.6. The number of rotatable bonds is 7. The van der Waals surface area contributed by atoms with Gasteiger partial charge in [-0.3, -0.25) is 4.90 Å². The number of nitrogens with zero attached hydrogens (tertiary/aromatic N) is 1. The molecule has 1 aromatic rings. The van der Waals surface area contributed by atoms with Gasteiger partial charge in [0.05, 0.1) is 23.6 Å². The van der Waals surface area contributed by atoms with Crippen LogP contribution in [0.4, 0.5) is 4.79 Å². The summed E-state index contributed by atoms with van der Waals surface area (Å²) in [6, 6.07) is 7.83. The van der Waals surface area contributed by atoms with E-state index < -0.39 is 25.5 Å². The minimum absolute atomic E-state index is 0.128. The van der Waals surface area contributed by atoms with Gasteiger partial charge >= 0.3 is 6.09 Å². The number of fused-ring (bicyclic) bond motifs is 1. The van der Waals surface area contributed by atoms with Crippen LogP contribution in [0.3, 0.4) is 0 Å². The third-order valence-corrected chi connectivity index (χ3v) is 7.63. The molecular formula is C23H30Cl3NO6S. The number of halogens is 3. The lowest BCUT2D eigenvalue weighted by atomic mass is 9.89. The van der Waals surface area contributed by atoms with E-state index in [4.69, 9.17) is 49.0 Å². The Kier molecular flexibility index (Phi) is 9.20. The molecule has 1 aromatic carbocycles. The van der Waals surface area contributed by atoms with Gasteiger partial charge in [0, 0.05) is 11.4 Å². The summed E-state index contributed by atoms with van der Waals surface area (Å²) in [4.78, 5) is 14.9. The van der Waals surface area contributed by atoms with Crippen LogP contribution in [0, 0.1) is 0 Å². The summed E-state index contributed by atoms with van der Waals surface area (Å²) in [5, 5.41) is 1.23. The van der Waals surface area contributed by atoms with E-state index in [1.165, 1.54) is 5.41 Å². The average molecular weight is 555 g/mol. The number of carbonyl (C=O) groups is 1. The number of amides is 1. The Balaban J connectivity index is 1.62. The number of benzene rings is 1. The number of piperidine rings is 1. The maximum atomic E-state index is 13.0. The minimum atomic E-state index is -3.47. The summed E-state index contributed by atoms with van der Waals surface area (Å²) in [6.45, 7) is 3.63. The molecule has 2 aliphatic rings. The Labute approximate surface area is 216 Å². The van der Waals surface area contributed by atoms with Crippen molar-refractivity contribution in [1.82, 2.24) is 4.90 Å². The third-order valence-electron chi connectivity index (χ3n) is 5.83. The molecule has 0 spiro atoms. The van der Waals surface area contributed by atoms with Crippen LogP contribution in [0.2, 0.25) is 0 Å². The van der Waals surface area contributed by atoms with Crippen molar-refractivity contribution in [3.63, 3.8) is 0 Å². The van der Waals surface area contributed by atoms with Crippen LogP contribution >= 0.6 is 34.8 Å². The van der Waals surface area contributed by atoms with Crippen molar-refractivity contribution >= 4 is 50.7 Å². The molecule has 0 N–H and O–H groups in total. The van der Waals surface area contributed by atoms with Crippen LogP contribution < -0.4 is 0 Å². The maximum Gasteiger partial charge on any atom is 0.410 e. The molecule has 2 fully saturated rings. The molecule has 11 heteroatoms. The highest BCUT2D eigenvalue weighted by molar-refractivity contribution is 7.94. The van der Waals surface area contributed by atoms with Gasteiger partial charge in [0.25, 0.3) is 0 Å². The SMILES string of the molecule is CC1(C)OC[C@H]2[C@@H](CC[C@H](CCC/C=C/S(=O)(=O)c3ccccc3)N2C(=O)OCC(Cl)(Cl)Cl)O1. The molecule has 7 nitrogen and oxygen atoms in total. The molecule has 3 atom stereocenters. The van der Waals surface area contributed by atoms with E-state index in [-0.39, 0.29) is 29.7 Å². The highest BCUT2D eigenvalue weighted by atomic mass is 35.6. The second-order valence-corrected chi connectivity index (χ2v) is 13.3. The number of likely N-dealkylation sites (tertiary alicyclic amines) is 1. The second kappa shape index (κ2) is 11.4. The minimum Gasteiger partial charge on any atom is -0.445 e. The fourth-order valence-electron chi connectivity index (χ4n) is 4.29. The molecule has 2 heterocycles. The fraction of sp³-hybridized carbons (Fsp3) is 0.609. The molecular weight excluding hydrogens is 525 g/mol. The van der Waals surface area contributed by atoms with Gasteiger partial charge in [0.2, 0.25) is 3.79 Å². The van der Waals surface area contributed by atoms with Crippen molar-refractivity contribution in [3.05, 3.63) is 41.8 Å². The van der Waals surface area contributed by atoms with E-state index in [9.17, 15) is 13.2 Å². The number of hydrogen-bond acceptors (Lipinski definition) is 6. The Bertz CT molecular complexity index is 965. The normalized spacial score (nSPS) is 25.2. The highest BCUT2D eigenvalue weighted by Crippen LogP contribution is 2.36. The van der Waals surface area contributed by atoms with Gasteiger partial charge in [-0.1, -0.05) is 59.1 Å². The summed E-state index contributed by atoms with van der Waals surface area (Å²) >= 11 is 17.3. The summed E-state index contributed by atoms with van der Waals surface area (Å²) in [7, 11) is -3.47. The topological polar surface area (TPSA) is 82.1 Å². The van der Waals surface area contributed by atoms with Gasteiger partial charge in [-0.05, 0) is 58.1 Å². The Hall–Kier alpha value is -1.03. The first-order chi connectivity index (χ1) is 15.9. The van der Waals surface area contributed by atoms with E-state index in [1.54, 1.807) is 41.3 Å². The number of ether oxygens (including phenoxy) is 3. The number of allylic oxidation sites excluding steroid dienone is 1. The van der Waals surface area contributed by atoms with Gasteiger partial charge in [-0.2, -0.15) is 0 Å². The molecule has 34 heavy (non-hydrogen) atoms. The monoisotopic (exact) mass is 553 g/mol. The molecule has 0 bridgehead atoms. The molecule has 2 aliphatic heterocycles. The van der Waals surface area contributed by atoms with Crippen LogP contribution in [0.5, 0.6) is 0 Å². The first-order valence-electron chi connectivity index (χ1n) is 11.2. The van der Waals surface area contributed by atoms with Crippen molar-refractivity contribution < 1.29 is 27.4 Å². The van der Waals surface area contributed by atoms with Gasteiger partial charge < -0.3 is 14.2 Å². The van der Waals surface area contributed by atoms with E-state index in [0.29, 0.717) is 32.3 Å². The third kappa shape index (κ3) is 7.73. The Morgan fingerprint density at radius 3 is 2.62 bits per heavy atom. The lowest BCUT2D eigenvalue weighted by Gasteiger charge is -2.50. The number of carbonyl (C=O) groups excluding carboxylic acids is 1. The van der Waals surface area contributed by atoms with Crippen LogP contribution in [0.25, 0.3) is 0 Å². The average Bonchev–Trinajstić information content (AvgIpc) is 2.76. The van der Waals surface area contributed by atoms with Crippen LogP contribution in [-0.2, 0) is 24.0 Å². The first-order valence-corrected chi connectivity index (χ1v) is 13.9. The summed E-state index contributed by atoms with van der Waals surface area (Å²) in [5.74, 6) is -0.726. The number of alkyl halides is 3. The number of sulfone groups is 1. The van der Waals surface area contributed by atoms with Crippen molar-refractivity contribution in [3.8, 4) is 0 Å². The molecule has 0 unspecified atom stereocenters. The smallest absolute Gasteiger partial charge is 0.410 e. The van der Waals surface area contributed by atoms with Crippen molar-refractivity contribution in [2.24, 2.45) is 0 Å². The molecule has 0 aromatic heterocycles. The zero-order chi connectivity index (χ0) is 25.0. The van der Waals surface area contributed by atoms with Crippen molar-refractivity contribution in [1.29, 1.82) is 0 Å². The number of hydrogen-bond donors (Lipinski definition) is 0. The predicted molar refractivity (Wildman–Crippen MR) is 132 cm³/mol. The quantitative estimate of drug-likeness (QED) is 0.321. The fourth-order valence-corrected chi connectivity index (χ4v) is 5.54. The largest absolute Gasteiger partial charge is 0.445 e. The van der Waals surface area contributed by atoms with Gasteiger partial charge in [-0.15, -0.1) is 0 Å². The van der Waals surface area contributed by atoms with Crippen molar-refractivity contribution in [2.45, 2.75) is 78.6 Å². The molecule has 0 radical (unpaired) electrons. The lowest BCUT2D eigenvalue weighted by Crippen LogP contribution is -2.63. The highest BCUT2D eigenvalue weighted by Gasteiger charge is 2.47. The van der Waals surface area contributed by atoms with E-state index in [0.717, 1.165) is 6.42 Å². The Morgan fingerprint density at radius 1 is 1.24 bits per heavy atom. The van der Waals surface area contributed by atoms with Gasteiger partial charge in [-0.25, -0.2) is 13.2 Å². The zero-order valence-electron chi connectivity index (χ0n) is 19.2. The molecule has 190 valence electrons. The Morgan fingerprint density at radius 2 is 1.94 bits per heavy atom.